The summed E-state index contributed by atoms with van der Waals surface area (Å²) >= 11 is 6.24. The molecule has 3 aromatic carbocycles. The number of anilines is 1. The van der Waals surface area contributed by atoms with Gasteiger partial charge in [0.25, 0.3) is 10.0 Å². The van der Waals surface area contributed by atoms with Gasteiger partial charge in [-0.15, -0.1) is 0 Å². The van der Waals surface area contributed by atoms with Crippen molar-refractivity contribution in [3.63, 3.8) is 0 Å². The number of benzene rings is 3. The number of rotatable bonds is 11. The number of hydrogen-bond donors (Lipinski definition) is 1. The van der Waals surface area contributed by atoms with Crippen molar-refractivity contribution < 1.29 is 22.7 Å². The van der Waals surface area contributed by atoms with E-state index in [0.29, 0.717) is 17.2 Å². The molecule has 0 spiro atoms. The standard InChI is InChI=1S/C31H38ClN3O5S/c1-7-28(30(37)33-31(3,4)5)34(20-23-12-9-8-11-22(23)2)29(36)21-35(25-14-10-13-24(32)19-25)41(38,39)27-17-15-26(40-6)16-18-27/h8-19,28H,7,20-21H2,1-6H3,(H,33,37)/t28-/m0/s1. The maximum absolute atomic E-state index is 14.2. The molecule has 2 amide bonds. The fourth-order valence-electron chi connectivity index (χ4n) is 4.38. The van der Waals surface area contributed by atoms with Crippen LogP contribution in [0.25, 0.3) is 0 Å². The first-order valence-corrected chi connectivity index (χ1v) is 15.2. The lowest BCUT2D eigenvalue weighted by Gasteiger charge is -2.35. The van der Waals surface area contributed by atoms with Crippen LogP contribution in [0.15, 0.2) is 77.7 Å². The molecule has 0 bridgehead atoms. The van der Waals surface area contributed by atoms with Crippen molar-refractivity contribution in [3.8, 4) is 5.75 Å². The van der Waals surface area contributed by atoms with E-state index in [9.17, 15) is 18.0 Å². The van der Waals surface area contributed by atoms with Gasteiger partial charge < -0.3 is 15.0 Å². The predicted octanol–water partition coefficient (Wildman–Crippen LogP) is 5.57. The number of nitrogens with zero attached hydrogens (tertiary/aromatic N) is 2. The van der Waals surface area contributed by atoms with Crippen LogP contribution < -0.4 is 14.4 Å². The van der Waals surface area contributed by atoms with Crippen molar-refractivity contribution in [2.75, 3.05) is 18.0 Å². The Morgan fingerprint density at radius 2 is 1.66 bits per heavy atom. The maximum atomic E-state index is 14.2. The topological polar surface area (TPSA) is 96.0 Å². The molecule has 41 heavy (non-hydrogen) atoms. The molecule has 0 radical (unpaired) electrons. The highest BCUT2D eigenvalue weighted by Crippen LogP contribution is 2.28. The Morgan fingerprint density at radius 3 is 2.22 bits per heavy atom. The van der Waals surface area contributed by atoms with Crippen LogP contribution in [0.1, 0.15) is 45.2 Å². The Labute approximate surface area is 248 Å². The SMILES string of the molecule is CC[C@@H](C(=O)NC(C)(C)C)N(Cc1ccccc1C)C(=O)CN(c1cccc(Cl)c1)S(=O)(=O)c1ccc(OC)cc1. The Hall–Kier alpha value is -3.56. The lowest BCUT2D eigenvalue weighted by atomic mass is 10.0. The van der Waals surface area contributed by atoms with Crippen LogP contribution in [0.3, 0.4) is 0 Å². The largest absolute Gasteiger partial charge is 0.497 e. The molecule has 0 saturated heterocycles. The smallest absolute Gasteiger partial charge is 0.264 e. The Bertz CT molecular complexity index is 1470. The van der Waals surface area contributed by atoms with E-state index in [1.165, 1.54) is 30.2 Å². The molecule has 0 saturated carbocycles. The molecular weight excluding hydrogens is 562 g/mol. The number of methoxy groups -OCH3 is 1. The molecule has 0 aliphatic carbocycles. The second-order valence-electron chi connectivity index (χ2n) is 10.8. The Balaban J connectivity index is 2.09. The van der Waals surface area contributed by atoms with Gasteiger partial charge in [-0.25, -0.2) is 8.42 Å². The van der Waals surface area contributed by atoms with E-state index in [4.69, 9.17) is 16.3 Å². The number of amides is 2. The number of ether oxygens (including phenoxy) is 1. The second-order valence-corrected chi connectivity index (χ2v) is 13.1. The molecule has 0 aliphatic heterocycles. The molecule has 1 N–H and O–H groups in total. The third-order valence-electron chi connectivity index (χ3n) is 6.51. The molecule has 0 heterocycles. The number of nitrogens with one attached hydrogen (secondary N) is 1. The molecule has 0 aromatic heterocycles. The van der Waals surface area contributed by atoms with E-state index in [1.54, 1.807) is 30.3 Å². The molecular formula is C31H38ClN3O5S. The molecule has 3 aromatic rings. The van der Waals surface area contributed by atoms with Crippen LogP contribution in [0.5, 0.6) is 5.75 Å². The zero-order valence-corrected chi connectivity index (χ0v) is 25.9. The molecule has 220 valence electrons. The normalized spacial score (nSPS) is 12.4. The number of sulfonamides is 1. The summed E-state index contributed by atoms with van der Waals surface area (Å²) in [5, 5.41) is 3.29. The third kappa shape index (κ3) is 8.24. The van der Waals surface area contributed by atoms with Crippen molar-refractivity contribution in [2.24, 2.45) is 0 Å². The van der Waals surface area contributed by atoms with E-state index < -0.39 is 34.1 Å². The molecule has 0 aliphatic rings. The van der Waals surface area contributed by atoms with Crippen molar-refractivity contribution >= 4 is 39.1 Å². The van der Waals surface area contributed by atoms with Crippen LogP contribution in [-0.2, 0) is 26.2 Å². The fourth-order valence-corrected chi connectivity index (χ4v) is 5.97. The lowest BCUT2D eigenvalue weighted by molar-refractivity contribution is -0.141. The Morgan fingerprint density at radius 1 is 1.00 bits per heavy atom. The van der Waals surface area contributed by atoms with Gasteiger partial charge in [0.2, 0.25) is 11.8 Å². The van der Waals surface area contributed by atoms with Crippen molar-refractivity contribution in [1.29, 1.82) is 0 Å². The Kier molecular flexibility index (Phi) is 10.4. The van der Waals surface area contributed by atoms with E-state index in [-0.39, 0.29) is 23.0 Å². The molecule has 0 fully saturated rings. The quantitative estimate of drug-likeness (QED) is 0.311. The molecule has 10 heteroatoms. The summed E-state index contributed by atoms with van der Waals surface area (Å²) in [5.41, 5.74) is 1.51. The van der Waals surface area contributed by atoms with Crippen molar-refractivity contribution in [1.82, 2.24) is 10.2 Å². The van der Waals surface area contributed by atoms with Crippen molar-refractivity contribution in [2.45, 2.75) is 64.1 Å². The first-order valence-electron chi connectivity index (χ1n) is 13.3. The minimum atomic E-state index is -4.22. The summed E-state index contributed by atoms with van der Waals surface area (Å²) in [6.45, 7) is 8.95. The minimum Gasteiger partial charge on any atom is -0.497 e. The zero-order valence-electron chi connectivity index (χ0n) is 24.3. The third-order valence-corrected chi connectivity index (χ3v) is 8.53. The second kappa shape index (κ2) is 13.4. The lowest BCUT2D eigenvalue weighted by Crippen LogP contribution is -2.55. The average Bonchev–Trinajstić information content (AvgIpc) is 2.91. The maximum Gasteiger partial charge on any atom is 0.264 e. The van der Waals surface area contributed by atoms with Crippen molar-refractivity contribution in [3.05, 3.63) is 88.9 Å². The summed E-state index contributed by atoms with van der Waals surface area (Å²) in [6.07, 6.45) is 0.335. The van der Waals surface area contributed by atoms with Crippen LogP contribution in [0, 0.1) is 6.92 Å². The fraction of sp³-hybridized carbons (Fsp3) is 0.355. The van der Waals surface area contributed by atoms with Crippen LogP contribution >= 0.6 is 11.6 Å². The first-order chi connectivity index (χ1) is 19.3. The number of carbonyl (C=O) groups excluding carboxylic acids is 2. The monoisotopic (exact) mass is 599 g/mol. The molecule has 1 atom stereocenters. The van der Waals surface area contributed by atoms with Crippen LogP contribution in [-0.4, -0.2) is 50.4 Å². The number of carbonyl (C=O) groups is 2. The zero-order chi connectivity index (χ0) is 30.4. The van der Waals surface area contributed by atoms with Crippen LogP contribution in [0.2, 0.25) is 5.02 Å². The number of aryl methyl sites for hydroxylation is 1. The summed E-state index contributed by atoms with van der Waals surface area (Å²) in [7, 11) is -2.73. The van der Waals surface area contributed by atoms with Gasteiger partial charge in [-0.2, -0.15) is 0 Å². The van der Waals surface area contributed by atoms with Gasteiger partial charge in [0.15, 0.2) is 0 Å². The average molecular weight is 600 g/mol. The van der Waals surface area contributed by atoms with E-state index in [2.05, 4.69) is 5.32 Å². The van der Waals surface area contributed by atoms with Gasteiger partial charge in [0, 0.05) is 17.1 Å². The van der Waals surface area contributed by atoms with Crippen LogP contribution in [0.4, 0.5) is 5.69 Å². The van der Waals surface area contributed by atoms with E-state index >= 15 is 0 Å². The minimum absolute atomic E-state index is 0.0194. The number of hydrogen-bond acceptors (Lipinski definition) is 5. The highest BCUT2D eigenvalue weighted by atomic mass is 35.5. The summed E-state index contributed by atoms with van der Waals surface area (Å²) in [6, 6.07) is 19.0. The van der Waals surface area contributed by atoms with Gasteiger partial charge in [-0.05, 0) is 87.7 Å². The summed E-state index contributed by atoms with van der Waals surface area (Å²) in [4.78, 5) is 29.0. The molecule has 0 unspecified atom stereocenters. The highest BCUT2D eigenvalue weighted by molar-refractivity contribution is 7.92. The van der Waals surface area contributed by atoms with Gasteiger partial charge in [-0.3, -0.25) is 13.9 Å². The summed E-state index contributed by atoms with van der Waals surface area (Å²) in [5.74, 6) is -0.343. The van der Waals surface area contributed by atoms with E-state index in [1.807, 2.05) is 58.9 Å². The van der Waals surface area contributed by atoms with Gasteiger partial charge in [0.1, 0.15) is 18.3 Å². The summed E-state index contributed by atoms with van der Waals surface area (Å²) < 4.78 is 34.1. The van der Waals surface area contributed by atoms with Gasteiger partial charge in [0.05, 0.1) is 17.7 Å². The molecule has 8 nitrogen and oxygen atoms in total. The number of halogens is 1. The molecule has 3 rings (SSSR count). The van der Waals surface area contributed by atoms with Gasteiger partial charge in [-0.1, -0.05) is 48.9 Å². The van der Waals surface area contributed by atoms with Gasteiger partial charge >= 0.3 is 0 Å². The predicted molar refractivity (Wildman–Crippen MR) is 163 cm³/mol. The van der Waals surface area contributed by atoms with E-state index in [0.717, 1.165) is 15.4 Å². The first kappa shape index (κ1) is 32.0. The highest BCUT2D eigenvalue weighted by Gasteiger charge is 2.34.